The number of aryl methyl sites for hydroxylation is 1. The molecule has 1 fully saturated rings. The first-order valence-corrected chi connectivity index (χ1v) is 7.33. The number of nitrogens with zero attached hydrogens (tertiary/aromatic N) is 2. The zero-order valence-electron chi connectivity index (χ0n) is 12.1. The van der Waals surface area contributed by atoms with Gasteiger partial charge in [-0.15, -0.1) is 0 Å². The summed E-state index contributed by atoms with van der Waals surface area (Å²) in [7, 11) is 3.72. The topological polar surface area (TPSA) is 60.2 Å². The number of hydrogen-bond donors (Lipinski definition) is 1. The number of aromatic nitrogens is 2. The van der Waals surface area contributed by atoms with Gasteiger partial charge >= 0.3 is 0 Å². The molecule has 0 amide bonds. The van der Waals surface area contributed by atoms with Crippen LogP contribution in [0.2, 0.25) is 0 Å². The van der Waals surface area contributed by atoms with E-state index in [1.807, 2.05) is 7.05 Å². The van der Waals surface area contributed by atoms with Crippen LogP contribution in [-0.2, 0) is 16.8 Å². The molecule has 0 bridgehead atoms. The monoisotopic (exact) mass is 267 g/mol. The maximum absolute atomic E-state index is 5.79. The summed E-state index contributed by atoms with van der Waals surface area (Å²) < 4.78 is 11.1. The second-order valence-electron chi connectivity index (χ2n) is 5.33. The summed E-state index contributed by atoms with van der Waals surface area (Å²) in [5.74, 6) is 1.47. The summed E-state index contributed by atoms with van der Waals surface area (Å²) >= 11 is 0. The molecule has 0 aliphatic heterocycles. The molecule has 2 rings (SSSR count). The largest absolute Gasteiger partial charge is 0.370 e. The SMILES string of the molecule is CNCCCc1nc(C2(OC)CCCCCC2)no1. The fourth-order valence-electron chi connectivity index (χ4n) is 2.78. The second-order valence-corrected chi connectivity index (χ2v) is 5.33. The predicted molar refractivity (Wildman–Crippen MR) is 72.9 cm³/mol. The molecule has 1 N–H and O–H groups in total. The van der Waals surface area contributed by atoms with E-state index >= 15 is 0 Å². The molecule has 1 aromatic rings. The Morgan fingerprint density at radius 3 is 2.63 bits per heavy atom. The number of nitrogens with one attached hydrogen (secondary N) is 1. The van der Waals surface area contributed by atoms with E-state index in [1.165, 1.54) is 25.7 Å². The van der Waals surface area contributed by atoms with E-state index in [1.54, 1.807) is 7.11 Å². The summed E-state index contributed by atoms with van der Waals surface area (Å²) in [4.78, 5) is 4.56. The highest BCUT2D eigenvalue weighted by atomic mass is 16.5. The highest BCUT2D eigenvalue weighted by Crippen LogP contribution is 2.37. The third-order valence-electron chi connectivity index (χ3n) is 3.99. The molecule has 1 aliphatic rings. The molecule has 0 spiro atoms. The van der Waals surface area contributed by atoms with Crippen LogP contribution in [0, 0.1) is 0 Å². The van der Waals surface area contributed by atoms with Crippen LogP contribution in [0.25, 0.3) is 0 Å². The highest BCUT2D eigenvalue weighted by Gasteiger charge is 2.37. The Balaban J connectivity index is 2.05. The van der Waals surface area contributed by atoms with Gasteiger partial charge in [0.1, 0.15) is 5.60 Å². The maximum atomic E-state index is 5.79. The van der Waals surface area contributed by atoms with Gasteiger partial charge in [-0.05, 0) is 32.9 Å². The fourth-order valence-corrected chi connectivity index (χ4v) is 2.78. The summed E-state index contributed by atoms with van der Waals surface area (Å²) in [5.41, 5.74) is -0.318. The van der Waals surface area contributed by atoms with E-state index in [-0.39, 0.29) is 5.60 Å². The molecule has 5 heteroatoms. The average Bonchev–Trinajstić information content (AvgIpc) is 2.77. The minimum atomic E-state index is -0.318. The van der Waals surface area contributed by atoms with Gasteiger partial charge in [0.15, 0.2) is 0 Å². The maximum Gasteiger partial charge on any atom is 0.226 e. The van der Waals surface area contributed by atoms with Crippen LogP contribution in [0.15, 0.2) is 4.52 Å². The standard InChI is InChI=1S/C14H25N3O2/c1-15-11-7-8-12-16-13(17-19-12)14(18-2)9-5-3-4-6-10-14/h15H,3-11H2,1-2H3. The molecule has 5 nitrogen and oxygen atoms in total. The van der Waals surface area contributed by atoms with Crippen LogP contribution in [0.1, 0.15) is 56.7 Å². The lowest BCUT2D eigenvalue weighted by Crippen LogP contribution is -2.29. The van der Waals surface area contributed by atoms with Gasteiger partial charge in [0.2, 0.25) is 11.7 Å². The van der Waals surface area contributed by atoms with Crippen LogP contribution >= 0.6 is 0 Å². The number of hydrogen-bond acceptors (Lipinski definition) is 5. The van der Waals surface area contributed by atoms with Crippen molar-refractivity contribution >= 4 is 0 Å². The first-order valence-electron chi connectivity index (χ1n) is 7.33. The van der Waals surface area contributed by atoms with Gasteiger partial charge in [0.05, 0.1) is 0 Å². The van der Waals surface area contributed by atoms with Crippen molar-refractivity contribution in [1.29, 1.82) is 0 Å². The molecular weight excluding hydrogens is 242 g/mol. The Hall–Kier alpha value is -0.940. The van der Waals surface area contributed by atoms with Gasteiger partial charge in [-0.3, -0.25) is 0 Å². The van der Waals surface area contributed by atoms with Crippen molar-refractivity contribution < 1.29 is 9.26 Å². The first kappa shape index (κ1) is 14.5. The lowest BCUT2D eigenvalue weighted by molar-refractivity contribution is -0.0365. The molecule has 1 heterocycles. The van der Waals surface area contributed by atoms with Gasteiger partial charge < -0.3 is 14.6 Å². The van der Waals surface area contributed by atoms with E-state index in [0.29, 0.717) is 0 Å². The summed E-state index contributed by atoms with van der Waals surface area (Å²) in [6.07, 6.45) is 8.74. The van der Waals surface area contributed by atoms with Gasteiger partial charge in [-0.2, -0.15) is 4.98 Å². The van der Waals surface area contributed by atoms with E-state index < -0.39 is 0 Å². The van der Waals surface area contributed by atoms with Gasteiger partial charge in [0, 0.05) is 13.5 Å². The molecule has 0 saturated heterocycles. The van der Waals surface area contributed by atoms with Crippen molar-refractivity contribution in [1.82, 2.24) is 15.5 Å². The van der Waals surface area contributed by atoms with E-state index in [0.717, 1.165) is 43.9 Å². The Kier molecular flexibility index (Phi) is 5.34. The molecule has 0 unspecified atom stereocenters. The first-order chi connectivity index (χ1) is 9.30. The van der Waals surface area contributed by atoms with Crippen LogP contribution in [0.3, 0.4) is 0 Å². The predicted octanol–water partition coefficient (Wildman–Crippen LogP) is 2.42. The summed E-state index contributed by atoms with van der Waals surface area (Å²) in [6, 6.07) is 0. The quantitative estimate of drug-likeness (QED) is 0.633. The summed E-state index contributed by atoms with van der Waals surface area (Å²) in [6.45, 7) is 0.965. The van der Waals surface area contributed by atoms with Crippen molar-refractivity contribution in [3.8, 4) is 0 Å². The zero-order valence-corrected chi connectivity index (χ0v) is 12.1. The smallest absolute Gasteiger partial charge is 0.226 e. The molecule has 1 aromatic heterocycles. The van der Waals surface area contributed by atoms with Gasteiger partial charge in [-0.1, -0.05) is 30.8 Å². The minimum absolute atomic E-state index is 0.318. The van der Waals surface area contributed by atoms with Crippen LogP contribution in [0.4, 0.5) is 0 Å². The third-order valence-corrected chi connectivity index (χ3v) is 3.99. The average molecular weight is 267 g/mol. The zero-order chi connectivity index (χ0) is 13.6. The lowest BCUT2D eigenvalue weighted by atomic mass is 9.93. The Morgan fingerprint density at radius 2 is 2.00 bits per heavy atom. The van der Waals surface area contributed by atoms with Crippen molar-refractivity contribution in [2.45, 2.75) is 57.0 Å². The molecule has 19 heavy (non-hydrogen) atoms. The molecule has 1 saturated carbocycles. The normalized spacial score (nSPS) is 19.3. The van der Waals surface area contributed by atoms with Crippen LogP contribution in [-0.4, -0.2) is 30.8 Å². The number of rotatable bonds is 6. The minimum Gasteiger partial charge on any atom is -0.370 e. The van der Waals surface area contributed by atoms with Crippen molar-refractivity contribution in [3.63, 3.8) is 0 Å². The molecule has 0 atom stereocenters. The van der Waals surface area contributed by atoms with Crippen molar-refractivity contribution in [2.24, 2.45) is 0 Å². The summed E-state index contributed by atoms with van der Waals surface area (Å²) in [5, 5.41) is 7.29. The van der Waals surface area contributed by atoms with E-state index in [9.17, 15) is 0 Å². The molecular formula is C14H25N3O2. The third kappa shape index (κ3) is 3.54. The highest BCUT2D eigenvalue weighted by molar-refractivity contribution is 5.02. The molecule has 0 radical (unpaired) electrons. The fraction of sp³-hybridized carbons (Fsp3) is 0.857. The Morgan fingerprint density at radius 1 is 1.26 bits per heavy atom. The van der Waals surface area contributed by atoms with Gasteiger partial charge in [0.25, 0.3) is 0 Å². The molecule has 1 aliphatic carbocycles. The van der Waals surface area contributed by atoms with Crippen LogP contribution < -0.4 is 5.32 Å². The Bertz CT molecular complexity index is 371. The van der Waals surface area contributed by atoms with E-state index in [2.05, 4.69) is 15.5 Å². The number of methoxy groups -OCH3 is 1. The Labute approximate surface area is 115 Å². The molecule has 0 aromatic carbocycles. The number of ether oxygens (including phenoxy) is 1. The van der Waals surface area contributed by atoms with Crippen molar-refractivity contribution in [2.75, 3.05) is 20.7 Å². The lowest BCUT2D eigenvalue weighted by Gasteiger charge is -2.27. The van der Waals surface area contributed by atoms with Crippen molar-refractivity contribution in [3.05, 3.63) is 11.7 Å². The van der Waals surface area contributed by atoms with Gasteiger partial charge in [-0.25, -0.2) is 0 Å². The van der Waals surface area contributed by atoms with Crippen LogP contribution in [0.5, 0.6) is 0 Å². The van der Waals surface area contributed by atoms with E-state index in [4.69, 9.17) is 9.26 Å². The second kappa shape index (κ2) is 7.01. The molecule has 108 valence electrons.